The number of amides is 1. The van der Waals surface area contributed by atoms with Crippen LogP contribution in [0, 0.1) is 5.82 Å². The topological polar surface area (TPSA) is 60.4 Å². The van der Waals surface area contributed by atoms with Crippen LogP contribution < -0.4 is 5.11 Å². The number of nitrogens with zero attached hydrogens (tertiary/aromatic N) is 1. The Bertz CT molecular complexity index is 613. The number of carboxylic acids is 1. The van der Waals surface area contributed by atoms with Crippen molar-refractivity contribution in [3.8, 4) is 0 Å². The van der Waals surface area contributed by atoms with Crippen LogP contribution in [0.5, 0.6) is 0 Å². The van der Waals surface area contributed by atoms with Gasteiger partial charge >= 0.3 is 0 Å². The van der Waals surface area contributed by atoms with Crippen molar-refractivity contribution in [2.45, 2.75) is 12.8 Å². The molecule has 7 heteroatoms. The van der Waals surface area contributed by atoms with Gasteiger partial charge in [-0.15, -0.1) is 0 Å². The van der Waals surface area contributed by atoms with Gasteiger partial charge in [-0.1, -0.05) is 36.1 Å². The van der Waals surface area contributed by atoms with Gasteiger partial charge in [0.2, 0.25) is 0 Å². The first-order valence-corrected chi connectivity index (χ1v) is 7.40. The third-order valence-electron chi connectivity index (χ3n) is 2.80. The molecule has 1 fully saturated rings. The molecule has 1 aliphatic rings. The number of halogens is 1. The van der Waals surface area contributed by atoms with Gasteiger partial charge in [0.1, 0.15) is 10.1 Å². The monoisotopic (exact) mass is 324 g/mol. The Morgan fingerprint density at radius 1 is 1.38 bits per heavy atom. The maximum absolute atomic E-state index is 12.8. The number of hydrogen-bond acceptors (Lipinski definition) is 5. The molecule has 0 unspecified atom stereocenters. The molecule has 0 aromatic heterocycles. The molecule has 2 rings (SSSR count). The van der Waals surface area contributed by atoms with Crippen LogP contribution in [0.1, 0.15) is 18.4 Å². The predicted octanol–water partition coefficient (Wildman–Crippen LogP) is 1.56. The van der Waals surface area contributed by atoms with Crippen LogP contribution in [0.4, 0.5) is 4.39 Å². The number of aliphatic carboxylic acids is 1. The van der Waals surface area contributed by atoms with E-state index in [0.29, 0.717) is 21.2 Å². The highest BCUT2D eigenvalue weighted by atomic mass is 32.2. The number of carbonyl (C=O) groups excluding carboxylic acids is 2. The minimum atomic E-state index is -1.15. The zero-order valence-corrected chi connectivity index (χ0v) is 12.5. The minimum absolute atomic E-state index is 0.117. The first-order chi connectivity index (χ1) is 9.97. The van der Waals surface area contributed by atoms with E-state index in [4.69, 9.17) is 12.2 Å². The average molecular weight is 324 g/mol. The van der Waals surface area contributed by atoms with E-state index in [0.717, 1.165) is 11.8 Å². The molecule has 1 heterocycles. The van der Waals surface area contributed by atoms with Gasteiger partial charge in [-0.05, 0) is 36.6 Å². The molecular weight excluding hydrogens is 313 g/mol. The van der Waals surface area contributed by atoms with E-state index in [2.05, 4.69) is 0 Å². The number of rotatable bonds is 5. The van der Waals surface area contributed by atoms with Gasteiger partial charge in [0.25, 0.3) is 5.91 Å². The highest BCUT2D eigenvalue weighted by molar-refractivity contribution is 8.26. The van der Waals surface area contributed by atoms with Gasteiger partial charge in [-0.2, -0.15) is 0 Å². The van der Waals surface area contributed by atoms with E-state index in [1.165, 1.54) is 17.0 Å². The van der Waals surface area contributed by atoms with Crippen molar-refractivity contribution in [1.82, 2.24) is 4.90 Å². The van der Waals surface area contributed by atoms with E-state index < -0.39 is 5.97 Å². The first kappa shape index (κ1) is 15.7. The highest BCUT2D eigenvalue weighted by Gasteiger charge is 2.31. The van der Waals surface area contributed by atoms with Crippen molar-refractivity contribution >= 4 is 46.3 Å². The van der Waals surface area contributed by atoms with Crippen molar-refractivity contribution in [1.29, 1.82) is 0 Å². The van der Waals surface area contributed by atoms with Crippen LogP contribution in [0.2, 0.25) is 0 Å². The number of thioether (sulfide) groups is 1. The summed E-state index contributed by atoms with van der Waals surface area (Å²) < 4.78 is 13.2. The zero-order chi connectivity index (χ0) is 15.4. The number of hydrogen-bond donors (Lipinski definition) is 0. The minimum Gasteiger partial charge on any atom is -0.550 e. The lowest BCUT2D eigenvalue weighted by atomic mass is 10.2. The van der Waals surface area contributed by atoms with Crippen LogP contribution >= 0.6 is 24.0 Å². The van der Waals surface area contributed by atoms with Gasteiger partial charge in [0.05, 0.1) is 4.91 Å². The fraction of sp³-hybridized carbons (Fsp3) is 0.214. The largest absolute Gasteiger partial charge is 0.550 e. The van der Waals surface area contributed by atoms with Gasteiger partial charge < -0.3 is 9.90 Å². The van der Waals surface area contributed by atoms with Crippen LogP contribution in [-0.4, -0.2) is 27.6 Å². The Morgan fingerprint density at radius 2 is 2.05 bits per heavy atom. The molecule has 0 atom stereocenters. The molecule has 1 saturated heterocycles. The summed E-state index contributed by atoms with van der Waals surface area (Å²) in [5, 5.41) is 10.4. The van der Waals surface area contributed by atoms with Crippen molar-refractivity contribution in [2.24, 2.45) is 0 Å². The molecule has 0 saturated carbocycles. The lowest BCUT2D eigenvalue weighted by Gasteiger charge is -2.14. The maximum Gasteiger partial charge on any atom is 0.266 e. The summed E-state index contributed by atoms with van der Waals surface area (Å²) in [4.78, 5) is 24.4. The standard InChI is InChI=1S/C14H12FNO3S2/c15-10-5-3-9(4-6-10)8-11-13(19)16(14(20)21-11)7-1-2-12(17)18/h3-6,8H,1-2,7H2,(H,17,18)/p-1/b11-8+. The Morgan fingerprint density at radius 3 is 2.67 bits per heavy atom. The summed E-state index contributed by atoms with van der Waals surface area (Å²) in [7, 11) is 0. The third kappa shape index (κ3) is 4.12. The molecule has 0 spiro atoms. The molecule has 1 amide bonds. The van der Waals surface area contributed by atoms with Crippen molar-refractivity contribution < 1.29 is 19.1 Å². The molecule has 1 aliphatic heterocycles. The Hall–Kier alpha value is -1.73. The van der Waals surface area contributed by atoms with Crippen LogP contribution in [0.15, 0.2) is 29.2 Å². The molecule has 110 valence electrons. The van der Waals surface area contributed by atoms with E-state index >= 15 is 0 Å². The SMILES string of the molecule is O=C([O-])CCCN1C(=O)/C(=C\c2ccc(F)cc2)SC1=S. The molecule has 0 N–H and O–H groups in total. The normalized spacial score (nSPS) is 16.8. The fourth-order valence-electron chi connectivity index (χ4n) is 1.78. The highest BCUT2D eigenvalue weighted by Crippen LogP contribution is 2.32. The second-order valence-corrected chi connectivity index (χ2v) is 6.04. The number of carbonyl (C=O) groups is 2. The second kappa shape index (κ2) is 6.82. The third-order valence-corrected chi connectivity index (χ3v) is 4.18. The van der Waals surface area contributed by atoms with Crippen LogP contribution in [-0.2, 0) is 9.59 Å². The van der Waals surface area contributed by atoms with Gasteiger partial charge in [-0.25, -0.2) is 4.39 Å². The quantitative estimate of drug-likeness (QED) is 0.608. The molecule has 0 aliphatic carbocycles. The number of benzene rings is 1. The summed E-state index contributed by atoms with van der Waals surface area (Å²) in [6.07, 6.45) is 1.81. The predicted molar refractivity (Wildman–Crippen MR) is 80.5 cm³/mol. The molecule has 4 nitrogen and oxygen atoms in total. The molecular formula is C14H11FNO3S2-. The van der Waals surface area contributed by atoms with Crippen LogP contribution in [0.25, 0.3) is 6.08 Å². The van der Waals surface area contributed by atoms with E-state index in [1.807, 2.05) is 0 Å². The van der Waals surface area contributed by atoms with E-state index in [1.54, 1.807) is 18.2 Å². The zero-order valence-electron chi connectivity index (χ0n) is 10.9. The lowest BCUT2D eigenvalue weighted by molar-refractivity contribution is -0.305. The summed E-state index contributed by atoms with van der Waals surface area (Å²) in [6.45, 7) is 0.249. The smallest absolute Gasteiger partial charge is 0.266 e. The van der Waals surface area contributed by atoms with Crippen molar-refractivity contribution in [3.63, 3.8) is 0 Å². The molecule has 1 aromatic rings. The molecule has 1 aromatic carbocycles. The van der Waals surface area contributed by atoms with Gasteiger partial charge in [0, 0.05) is 12.5 Å². The van der Waals surface area contributed by atoms with Crippen molar-refractivity contribution in [3.05, 3.63) is 40.6 Å². The van der Waals surface area contributed by atoms with E-state index in [9.17, 15) is 19.1 Å². The maximum atomic E-state index is 12.8. The number of thiocarbonyl (C=S) groups is 1. The van der Waals surface area contributed by atoms with Crippen LogP contribution in [0.3, 0.4) is 0 Å². The molecule has 0 bridgehead atoms. The molecule has 0 radical (unpaired) electrons. The summed E-state index contributed by atoms with van der Waals surface area (Å²) in [5.74, 6) is -1.75. The Labute approximate surface area is 130 Å². The van der Waals surface area contributed by atoms with E-state index in [-0.39, 0.29) is 24.7 Å². The number of carboxylic acid groups (broad SMARTS) is 1. The summed E-state index contributed by atoms with van der Waals surface area (Å²) >= 11 is 6.27. The van der Waals surface area contributed by atoms with Gasteiger partial charge in [0.15, 0.2) is 0 Å². The Balaban J connectivity index is 2.06. The summed E-state index contributed by atoms with van der Waals surface area (Å²) in [5.41, 5.74) is 0.701. The Kier molecular flexibility index (Phi) is 5.08. The van der Waals surface area contributed by atoms with Crippen molar-refractivity contribution in [2.75, 3.05) is 6.54 Å². The fourth-order valence-corrected chi connectivity index (χ4v) is 3.09. The first-order valence-electron chi connectivity index (χ1n) is 6.18. The molecule has 21 heavy (non-hydrogen) atoms. The summed E-state index contributed by atoms with van der Waals surface area (Å²) in [6, 6.07) is 5.76. The van der Waals surface area contributed by atoms with Gasteiger partial charge in [-0.3, -0.25) is 9.69 Å². The average Bonchev–Trinajstić information content (AvgIpc) is 2.68. The second-order valence-electron chi connectivity index (χ2n) is 4.36. The lowest BCUT2D eigenvalue weighted by Crippen LogP contribution is -2.30.